The quantitative estimate of drug-likeness (QED) is 0.908. The molecule has 0 saturated carbocycles. The van der Waals surface area contributed by atoms with E-state index < -0.39 is 6.04 Å². The van der Waals surface area contributed by atoms with Crippen LogP contribution in [0.5, 0.6) is 0 Å². The first-order valence-corrected chi connectivity index (χ1v) is 7.35. The summed E-state index contributed by atoms with van der Waals surface area (Å²) in [6.45, 7) is 3.02. The van der Waals surface area contributed by atoms with Crippen LogP contribution in [0.25, 0.3) is 0 Å². The van der Waals surface area contributed by atoms with Gasteiger partial charge < -0.3 is 10.6 Å². The molecule has 2 rings (SSSR count). The van der Waals surface area contributed by atoms with Crippen LogP contribution in [0, 0.1) is 0 Å². The number of rotatable bonds is 3. The van der Waals surface area contributed by atoms with E-state index in [0.717, 1.165) is 31.4 Å². The lowest BCUT2D eigenvalue weighted by molar-refractivity contribution is -0.135. The third kappa shape index (κ3) is 3.35. The van der Waals surface area contributed by atoms with Crippen LogP contribution in [-0.2, 0) is 4.79 Å². The number of benzene rings is 1. The zero-order chi connectivity index (χ0) is 13.7. The smallest absolute Gasteiger partial charge is 0.244 e. The second kappa shape index (κ2) is 6.71. The minimum atomic E-state index is -0.520. The van der Waals surface area contributed by atoms with E-state index in [4.69, 9.17) is 5.73 Å². The van der Waals surface area contributed by atoms with E-state index >= 15 is 0 Å². The summed E-state index contributed by atoms with van der Waals surface area (Å²) in [5.74, 6) is 0.0833. The van der Waals surface area contributed by atoms with Gasteiger partial charge in [0.2, 0.25) is 5.91 Å². The molecular weight excluding hydrogens is 236 g/mol. The summed E-state index contributed by atoms with van der Waals surface area (Å²) in [6.07, 6.45) is 5.68. The molecule has 2 N–H and O–H groups in total. The predicted molar refractivity (Wildman–Crippen MR) is 77.6 cm³/mol. The molecule has 1 amide bonds. The van der Waals surface area contributed by atoms with Crippen LogP contribution in [0.15, 0.2) is 30.3 Å². The third-order valence-electron chi connectivity index (χ3n) is 4.06. The Kier molecular flexibility index (Phi) is 4.97. The Hall–Kier alpha value is -1.35. The van der Waals surface area contributed by atoms with Crippen molar-refractivity contribution in [3.63, 3.8) is 0 Å². The van der Waals surface area contributed by atoms with Gasteiger partial charge in [-0.25, -0.2) is 0 Å². The van der Waals surface area contributed by atoms with Gasteiger partial charge in [0.05, 0.1) is 0 Å². The van der Waals surface area contributed by atoms with Crippen molar-refractivity contribution < 1.29 is 4.79 Å². The van der Waals surface area contributed by atoms with Gasteiger partial charge in [0.25, 0.3) is 0 Å². The van der Waals surface area contributed by atoms with Crippen LogP contribution in [0.2, 0.25) is 0 Å². The molecule has 0 radical (unpaired) electrons. The molecule has 0 spiro atoms. The summed E-state index contributed by atoms with van der Waals surface area (Å²) in [5, 5.41) is 0. The van der Waals surface area contributed by atoms with Gasteiger partial charge in [0, 0.05) is 12.6 Å². The highest BCUT2D eigenvalue weighted by atomic mass is 16.2. The van der Waals surface area contributed by atoms with Crippen LogP contribution < -0.4 is 5.73 Å². The van der Waals surface area contributed by atoms with E-state index in [1.54, 1.807) is 0 Å². The number of amides is 1. The Labute approximate surface area is 115 Å². The van der Waals surface area contributed by atoms with Gasteiger partial charge in [-0.3, -0.25) is 4.79 Å². The fourth-order valence-electron chi connectivity index (χ4n) is 2.87. The summed E-state index contributed by atoms with van der Waals surface area (Å²) in [5.41, 5.74) is 7.05. The molecule has 1 heterocycles. The Bertz CT molecular complexity index is 404. The van der Waals surface area contributed by atoms with Crippen molar-refractivity contribution in [3.05, 3.63) is 35.9 Å². The summed E-state index contributed by atoms with van der Waals surface area (Å²) in [6, 6.07) is 9.52. The van der Waals surface area contributed by atoms with Crippen molar-refractivity contribution in [2.75, 3.05) is 6.54 Å². The molecule has 0 aliphatic carbocycles. The molecule has 2 unspecified atom stereocenters. The van der Waals surface area contributed by atoms with E-state index in [1.807, 2.05) is 35.2 Å². The van der Waals surface area contributed by atoms with Gasteiger partial charge in [-0.15, -0.1) is 0 Å². The van der Waals surface area contributed by atoms with Crippen molar-refractivity contribution in [2.24, 2.45) is 5.73 Å². The van der Waals surface area contributed by atoms with Gasteiger partial charge in [-0.2, -0.15) is 0 Å². The van der Waals surface area contributed by atoms with E-state index in [9.17, 15) is 4.79 Å². The summed E-state index contributed by atoms with van der Waals surface area (Å²) in [7, 11) is 0. The molecule has 0 aromatic heterocycles. The lowest BCUT2D eigenvalue weighted by atomic mass is 10.0. The topological polar surface area (TPSA) is 46.3 Å². The average Bonchev–Trinajstić information content (AvgIpc) is 2.71. The van der Waals surface area contributed by atoms with Gasteiger partial charge in [-0.1, -0.05) is 50.1 Å². The van der Waals surface area contributed by atoms with Crippen LogP contribution in [0.1, 0.15) is 50.6 Å². The molecule has 104 valence electrons. The van der Waals surface area contributed by atoms with Crippen LogP contribution >= 0.6 is 0 Å². The molecule has 2 atom stereocenters. The van der Waals surface area contributed by atoms with Gasteiger partial charge >= 0.3 is 0 Å². The lowest BCUT2D eigenvalue weighted by Gasteiger charge is -2.31. The van der Waals surface area contributed by atoms with Crippen molar-refractivity contribution in [1.29, 1.82) is 0 Å². The Morgan fingerprint density at radius 2 is 2.05 bits per heavy atom. The molecule has 1 saturated heterocycles. The highest BCUT2D eigenvalue weighted by Gasteiger charge is 2.28. The number of carbonyl (C=O) groups excluding carboxylic acids is 1. The minimum Gasteiger partial charge on any atom is -0.338 e. The van der Waals surface area contributed by atoms with Gasteiger partial charge in [0.15, 0.2) is 0 Å². The molecule has 1 aliphatic heterocycles. The van der Waals surface area contributed by atoms with Crippen LogP contribution in [-0.4, -0.2) is 23.4 Å². The molecule has 1 fully saturated rings. The Morgan fingerprint density at radius 1 is 1.32 bits per heavy atom. The molecule has 1 aromatic rings. The molecule has 1 aromatic carbocycles. The van der Waals surface area contributed by atoms with E-state index in [2.05, 4.69) is 6.92 Å². The van der Waals surface area contributed by atoms with Crippen molar-refractivity contribution >= 4 is 5.91 Å². The molecule has 1 aliphatic rings. The van der Waals surface area contributed by atoms with E-state index in [0.29, 0.717) is 6.04 Å². The molecule has 0 bridgehead atoms. The monoisotopic (exact) mass is 260 g/mol. The first kappa shape index (κ1) is 14.1. The number of nitrogens with two attached hydrogens (primary N) is 1. The van der Waals surface area contributed by atoms with Crippen molar-refractivity contribution in [1.82, 2.24) is 4.90 Å². The summed E-state index contributed by atoms with van der Waals surface area (Å²) in [4.78, 5) is 14.6. The van der Waals surface area contributed by atoms with E-state index in [1.165, 1.54) is 12.8 Å². The minimum absolute atomic E-state index is 0.0833. The predicted octanol–water partition coefficient (Wildman–Crippen LogP) is 2.87. The number of carbonyl (C=O) groups is 1. The second-order valence-electron chi connectivity index (χ2n) is 5.33. The number of likely N-dealkylation sites (tertiary alicyclic amines) is 1. The molecule has 19 heavy (non-hydrogen) atoms. The second-order valence-corrected chi connectivity index (χ2v) is 5.33. The Morgan fingerprint density at radius 3 is 2.74 bits per heavy atom. The van der Waals surface area contributed by atoms with Crippen molar-refractivity contribution in [3.8, 4) is 0 Å². The molecule has 3 nitrogen and oxygen atoms in total. The summed E-state index contributed by atoms with van der Waals surface area (Å²) >= 11 is 0. The maximum atomic E-state index is 12.6. The molecular formula is C16H24N2O. The average molecular weight is 260 g/mol. The zero-order valence-corrected chi connectivity index (χ0v) is 11.7. The SMILES string of the molecule is CCC1CCCCCN1C(=O)C(N)c1ccccc1. The standard InChI is InChI=1S/C16H24N2O/c1-2-14-11-7-4-8-12-18(14)16(19)15(17)13-9-5-3-6-10-13/h3,5-6,9-10,14-15H,2,4,7-8,11-12,17H2,1H3. The van der Waals surface area contributed by atoms with Crippen LogP contribution in [0.4, 0.5) is 0 Å². The van der Waals surface area contributed by atoms with Crippen molar-refractivity contribution in [2.45, 2.75) is 51.1 Å². The normalized spacial score (nSPS) is 21.8. The van der Waals surface area contributed by atoms with Crippen LogP contribution in [0.3, 0.4) is 0 Å². The number of hydrogen-bond donors (Lipinski definition) is 1. The maximum Gasteiger partial charge on any atom is 0.244 e. The highest BCUT2D eigenvalue weighted by molar-refractivity contribution is 5.83. The lowest BCUT2D eigenvalue weighted by Crippen LogP contribution is -2.44. The highest BCUT2D eigenvalue weighted by Crippen LogP contribution is 2.22. The zero-order valence-electron chi connectivity index (χ0n) is 11.7. The number of hydrogen-bond acceptors (Lipinski definition) is 2. The third-order valence-corrected chi connectivity index (χ3v) is 4.06. The fourth-order valence-corrected chi connectivity index (χ4v) is 2.87. The Balaban J connectivity index is 2.12. The largest absolute Gasteiger partial charge is 0.338 e. The molecule has 3 heteroatoms. The van der Waals surface area contributed by atoms with E-state index in [-0.39, 0.29) is 5.91 Å². The first-order valence-electron chi connectivity index (χ1n) is 7.35. The van der Waals surface area contributed by atoms with Gasteiger partial charge in [-0.05, 0) is 24.8 Å². The summed E-state index contributed by atoms with van der Waals surface area (Å²) < 4.78 is 0. The first-order chi connectivity index (χ1) is 9.24. The van der Waals surface area contributed by atoms with Gasteiger partial charge in [0.1, 0.15) is 6.04 Å². The fraction of sp³-hybridized carbons (Fsp3) is 0.562. The maximum absolute atomic E-state index is 12.6. The number of nitrogens with zero attached hydrogens (tertiary/aromatic N) is 1.